The molecule has 0 radical (unpaired) electrons. The van der Waals surface area contributed by atoms with Crippen molar-refractivity contribution in [3.8, 4) is 11.5 Å². The Kier molecular flexibility index (Phi) is 16.2. The lowest BCUT2D eigenvalue weighted by molar-refractivity contribution is -0.933. The number of carbonyl (C=O) groups excluding carboxylic acids is 3. The number of hydrogen-bond donors (Lipinski definition) is 5. The van der Waals surface area contributed by atoms with Crippen LogP contribution in [0.4, 0.5) is 11.6 Å². The minimum absolute atomic E-state index is 0.0267. The summed E-state index contributed by atoms with van der Waals surface area (Å²) >= 11 is 6.08. The van der Waals surface area contributed by atoms with Crippen LogP contribution in [-0.4, -0.2) is 143 Å². The topological polar surface area (TPSA) is 221 Å². The molecule has 0 spiro atoms. The van der Waals surface area contributed by atoms with Crippen LogP contribution in [0.15, 0.2) is 48.5 Å². The van der Waals surface area contributed by atoms with Crippen molar-refractivity contribution in [2.24, 2.45) is 0 Å². The Hall–Kier alpha value is -4.78. The van der Waals surface area contributed by atoms with Crippen molar-refractivity contribution in [2.75, 3.05) is 91.5 Å². The van der Waals surface area contributed by atoms with E-state index in [2.05, 4.69) is 25.9 Å². The maximum Gasteiger partial charge on any atom is 0.274 e. The molecule has 5 atom stereocenters. The second-order valence-electron chi connectivity index (χ2n) is 15.7. The molecule has 60 heavy (non-hydrogen) atoms. The van der Waals surface area contributed by atoms with Gasteiger partial charge in [0.15, 0.2) is 35.7 Å². The Morgan fingerprint density at radius 1 is 0.750 bits per heavy atom. The molecule has 3 amide bonds. The van der Waals surface area contributed by atoms with Gasteiger partial charge in [-0.2, -0.15) is 0 Å². The van der Waals surface area contributed by atoms with E-state index in [1.807, 2.05) is 48.5 Å². The summed E-state index contributed by atoms with van der Waals surface area (Å²) in [7, 11) is 3.21. The number of amides is 3. The first kappa shape index (κ1) is 44.8. The molecule has 0 aliphatic carbocycles. The fourth-order valence-corrected chi connectivity index (χ4v) is 8.29. The third kappa shape index (κ3) is 12.6. The number of likely N-dealkylation sites (tertiary alicyclic amines) is 1. The number of quaternary nitrogens is 1. The van der Waals surface area contributed by atoms with Crippen LogP contribution in [0.2, 0.25) is 5.15 Å². The van der Waals surface area contributed by atoms with E-state index in [1.165, 1.54) is 11.1 Å². The number of nitrogens with one attached hydrogen (secondary N) is 3. The van der Waals surface area contributed by atoms with Crippen LogP contribution in [0.3, 0.4) is 0 Å². The molecule has 17 nitrogen and oxygen atoms in total. The lowest BCUT2D eigenvalue weighted by Crippen LogP contribution is -2.60. The summed E-state index contributed by atoms with van der Waals surface area (Å²) in [6.07, 6.45) is 5.00. The summed E-state index contributed by atoms with van der Waals surface area (Å²) in [4.78, 5) is 46.4. The molecule has 3 fully saturated rings. The third-order valence-electron chi connectivity index (χ3n) is 11.4. The van der Waals surface area contributed by atoms with Gasteiger partial charge in [0.25, 0.3) is 17.7 Å². The summed E-state index contributed by atoms with van der Waals surface area (Å²) in [5.41, 5.74) is 14.0. The first-order valence-corrected chi connectivity index (χ1v) is 20.9. The number of aryl methyl sites for hydroxylation is 2. The number of rotatable bonds is 20. The quantitative estimate of drug-likeness (QED) is 0.103. The largest absolute Gasteiger partial charge is 0.484 e. The van der Waals surface area contributed by atoms with Gasteiger partial charge in [-0.1, -0.05) is 35.9 Å². The zero-order chi connectivity index (χ0) is 42.5. The van der Waals surface area contributed by atoms with Gasteiger partial charge in [0.05, 0.1) is 70.7 Å². The monoisotopic (exact) mass is 853 g/mol. The Balaban J connectivity index is 1.02. The first-order chi connectivity index (χ1) is 29.0. The van der Waals surface area contributed by atoms with Crippen LogP contribution in [0, 0.1) is 0 Å². The molecule has 18 heteroatoms. The molecule has 2 aromatic carbocycles. The second kappa shape index (κ2) is 21.7. The molecule has 3 aromatic rings. The second-order valence-corrected chi connectivity index (χ2v) is 16.0. The van der Waals surface area contributed by atoms with Crippen molar-refractivity contribution in [3.63, 3.8) is 0 Å². The van der Waals surface area contributed by atoms with E-state index in [-0.39, 0.29) is 77.8 Å². The van der Waals surface area contributed by atoms with Crippen molar-refractivity contribution in [1.82, 2.24) is 25.9 Å². The number of methoxy groups -OCH3 is 2. The highest BCUT2D eigenvalue weighted by atomic mass is 35.5. The number of benzene rings is 2. The fraction of sp³-hybridized carbons (Fsp3) is 0.548. The van der Waals surface area contributed by atoms with Gasteiger partial charge in [0.2, 0.25) is 0 Å². The van der Waals surface area contributed by atoms with Crippen molar-refractivity contribution in [1.29, 1.82) is 0 Å². The molecular weight excluding hydrogens is 796 g/mol. The van der Waals surface area contributed by atoms with E-state index in [1.54, 1.807) is 14.2 Å². The molecule has 1 aromatic heterocycles. The number of nitrogens with zero attached hydrogens (tertiary/aromatic N) is 3. The van der Waals surface area contributed by atoms with Crippen molar-refractivity contribution >= 4 is 41.0 Å². The van der Waals surface area contributed by atoms with Gasteiger partial charge in [-0.05, 0) is 61.1 Å². The molecule has 3 aliphatic heterocycles. The molecule has 326 valence electrons. The highest BCUT2D eigenvalue weighted by molar-refractivity contribution is 6.31. The summed E-state index contributed by atoms with van der Waals surface area (Å²) in [6, 6.07) is 15.2. The minimum atomic E-state index is -0.426. The molecule has 4 heterocycles. The lowest BCUT2D eigenvalue weighted by Gasteiger charge is -2.45. The van der Waals surface area contributed by atoms with Gasteiger partial charge in [-0.15, -0.1) is 0 Å². The summed E-state index contributed by atoms with van der Waals surface area (Å²) in [5.74, 6) is 0.262. The first-order valence-electron chi connectivity index (χ1n) is 20.5. The molecule has 7 N–H and O–H groups in total. The van der Waals surface area contributed by atoms with Crippen LogP contribution in [-0.2, 0) is 41.4 Å². The van der Waals surface area contributed by atoms with Crippen LogP contribution < -0.4 is 36.9 Å². The Morgan fingerprint density at radius 2 is 1.27 bits per heavy atom. The third-order valence-corrected chi connectivity index (χ3v) is 11.7. The molecule has 0 bridgehead atoms. The highest BCUT2D eigenvalue weighted by Crippen LogP contribution is 2.25. The zero-order valence-corrected chi connectivity index (χ0v) is 35.1. The van der Waals surface area contributed by atoms with Crippen LogP contribution in [0.1, 0.15) is 47.3 Å². The van der Waals surface area contributed by atoms with Crippen LogP contribution in [0.25, 0.3) is 0 Å². The minimum Gasteiger partial charge on any atom is -0.484 e. The number of anilines is 2. The van der Waals surface area contributed by atoms with Gasteiger partial charge >= 0.3 is 0 Å². The van der Waals surface area contributed by atoms with E-state index in [4.69, 9.17) is 51.5 Å². The van der Waals surface area contributed by atoms with E-state index in [9.17, 15) is 14.4 Å². The molecule has 6 rings (SSSR count). The maximum atomic E-state index is 13.3. The Bertz CT molecular complexity index is 1800. The zero-order valence-electron chi connectivity index (χ0n) is 34.4. The van der Waals surface area contributed by atoms with Gasteiger partial charge < -0.3 is 60.3 Å². The molecular formula is C42H58ClN8O9+. The normalized spacial score (nSPS) is 23.8. The fourth-order valence-electron chi connectivity index (χ4n) is 8.16. The van der Waals surface area contributed by atoms with E-state index in [0.717, 1.165) is 69.2 Å². The molecule has 3 saturated heterocycles. The number of piperidine rings is 1. The average molecular weight is 854 g/mol. The van der Waals surface area contributed by atoms with Crippen molar-refractivity contribution < 1.29 is 47.3 Å². The number of hydrogen-bond acceptors (Lipinski definition) is 13. The van der Waals surface area contributed by atoms with Gasteiger partial charge in [0.1, 0.15) is 23.7 Å². The number of aromatic nitrogens is 2. The predicted molar refractivity (Wildman–Crippen MR) is 224 cm³/mol. The number of nitrogens with two attached hydrogens (primary N) is 2. The Morgan fingerprint density at radius 3 is 1.77 bits per heavy atom. The highest BCUT2D eigenvalue weighted by Gasteiger charge is 2.36. The van der Waals surface area contributed by atoms with Crippen molar-refractivity contribution in [2.45, 2.75) is 68.9 Å². The summed E-state index contributed by atoms with van der Waals surface area (Å²) < 4.78 is 33.9. The van der Waals surface area contributed by atoms with Crippen molar-refractivity contribution in [3.05, 3.63) is 70.5 Å². The van der Waals surface area contributed by atoms with E-state index < -0.39 is 5.91 Å². The van der Waals surface area contributed by atoms with E-state index >= 15 is 0 Å². The van der Waals surface area contributed by atoms with Gasteiger partial charge in [-0.3, -0.25) is 14.4 Å². The number of ether oxygens (including phenoxy) is 6. The predicted octanol–water partition coefficient (Wildman–Crippen LogP) is 2.09. The number of halogens is 1. The molecule has 4 unspecified atom stereocenters. The smallest absolute Gasteiger partial charge is 0.274 e. The van der Waals surface area contributed by atoms with Crippen LogP contribution >= 0.6 is 11.6 Å². The lowest BCUT2D eigenvalue weighted by atomic mass is 9.99. The summed E-state index contributed by atoms with van der Waals surface area (Å²) in [6.45, 7) is 5.12. The molecule has 0 saturated carbocycles. The van der Waals surface area contributed by atoms with Crippen LogP contribution in [0.5, 0.6) is 11.5 Å². The van der Waals surface area contributed by atoms with Gasteiger partial charge in [0, 0.05) is 27.1 Å². The standard InChI is InChI=1S/C42H57ClN8O9/c1-55-34-23-57-21-32(34)47-36(52)25-59-30-13-9-27(10-14-30)6-3-17-51(19-5-8-29(20-51)46-42(54)38-40(44)50-41(45)39(43)49-38)18-4-7-28-11-15-31(16-12-28)60-26-37(53)48-33-22-58-24-35(33)56-2/h9-16,29,32-35H,3-8,17-26H2,1-2H3,(H6-,44,45,46,47,48,50,52,53,54)/p+1/t29-,32?,33?,34?,35?,51?/m0/s1. The average Bonchev–Trinajstić information content (AvgIpc) is 3.90. The van der Waals surface area contributed by atoms with Gasteiger partial charge in [-0.25, -0.2) is 9.97 Å². The number of nitrogen functional groups attached to an aromatic ring is 2. The van der Waals surface area contributed by atoms with E-state index in [0.29, 0.717) is 37.9 Å². The molecule has 3 aliphatic rings. The maximum absolute atomic E-state index is 13.3. The summed E-state index contributed by atoms with van der Waals surface area (Å²) in [5, 5.41) is 8.91. The Labute approximate surface area is 355 Å². The SMILES string of the molecule is COC1COCC1NC(=O)COc1ccc(CCC[N+]2(CCCc3ccc(OCC(=O)NC4COCC4OC)cc3)CCC[C@H](NC(=O)c3nc(Cl)c(N)nc3N)C2)cc1. The number of carbonyl (C=O) groups is 3.